The Labute approximate surface area is 83.0 Å². The SMILES string of the molecule is CC(C)SCc1cccnc1C#N. The lowest BCUT2D eigenvalue weighted by molar-refractivity contribution is 1.10. The van der Waals surface area contributed by atoms with Gasteiger partial charge in [0.15, 0.2) is 0 Å². The molecule has 0 bridgehead atoms. The second-order valence-electron chi connectivity index (χ2n) is 2.98. The number of thioether (sulfide) groups is 1. The van der Waals surface area contributed by atoms with Gasteiger partial charge in [0, 0.05) is 11.9 Å². The second-order valence-corrected chi connectivity index (χ2v) is 4.55. The van der Waals surface area contributed by atoms with Crippen molar-refractivity contribution in [2.75, 3.05) is 0 Å². The van der Waals surface area contributed by atoms with Gasteiger partial charge in [0.05, 0.1) is 0 Å². The predicted octanol–water partition coefficient (Wildman–Crippen LogP) is 2.59. The van der Waals surface area contributed by atoms with Gasteiger partial charge in [0.25, 0.3) is 0 Å². The molecule has 0 spiro atoms. The Kier molecular flexibility index (Phi) is 3.78. The fourth-order valence-corrected chi connectivity index (χ4v) is 1.66. The number of nitriles is 1. The molecule has 0 aliphatic carbocycles. The summed E-state index contributed by atoms with van der Waals surface area (Å²) in [7, 11) is 0. The molecule has 0 fully saturated rings. The normalized spacial score (nSPS) is 10.0. The summed E-state index contributed by atoms with van der Waals surface area (Å²) in [5.74, 6) is 0.869. The predicted molar refractivity (Wildman–Crippen MR) is 55.4 cm³/mol. The van der Waals surface area contributed by atoms with Gasteiger partial charge in [-0.1, -0.05) is 19.9 Å². The van der Waals surface area contributed by atoms with E-state index in [0.717, 1.165) is 11.3 Å². The highest BCUT2D eigenvalue weighted by Crippen LogP contribution is 2.18. The van der Waals surface area contributed by atoms with Crippen molar-refractivity contribution < 1.29 is 0 Å². The van der Waals surface area contributed by atoms with Gasteiger partial charge in [-0.25, -0.2) is 4.98 Å². The van der Waals surface area contributed by atoms with Crippen molar-refractivity contribution in [1.82, 2.24) is 4.98 Å². The standard InChI is InChI=1S/C10H12N2S/c1-8(2)13-7-9-4-3-5-12-10(9)6-11/h3-5,8H,7H2,1-2H3. The number of pyridine rings is 1. The first kappa shape index (κ1) is 10.1. The lowest BCUT2D eigenvalue weighted by Crippen LogP contribution is -1.93. The average molecular weight is 192 g/mol. The minimum Gasteiger partial charge on any atom is -0.245 e. The Balaban J connectivity index is 2.71. The molecule has 0 amide bonds. The van der Waals surface area contributed by atoms with E-state index in [0.29, 0.717) is 10.9 Å². The van der Waals surface area contributed by atoms with E-state index in [2.05, 4.69) is 24.9 Å². The maximum absolute atomic E-state index is 8.76. The summed E-state index contributed by atoms with van der Waals surface area (Å²) in [6.45, 7) is 4.29. The van der Waals surface area contributed by atoms with Crippen molar-refractivity contribution in [3.05, 3.63) is 29.6 Å². The highest BCUT2D eigenvalue weighted by molar-refractivity contribution is 7.99. The quantitative estimate of drug-likeness (QED) is 0.738. The number of hydrogen-bond acceptors (Lipinski definition) is 3. The Morgan fingerprint density at radius 1 is 1.62 bits per heavy atom. The van der Waals surface area contributed by atoms with Crippen LogP contribution in [0.25, 0.3) is 0 Å². The Morgan fingerprint density at radius 3 is 3.00 bits per heavy atom. The molecule has 1 heterocycles. The fraction of sp³-hybridized carbons (Fsp3) is 0.400. The summed E-state index contributed by atoms with van der Waals surface area (Å²) in [4.78, 5) is 4.00. The van der Waals surface area contributed by atoms with E-state index in [1.54, 1.807) is 6.20 Å². The summed E-state index contributed by atoms with van der Waals surface area (Å²) < 4.78 is 0. The van der Waals surface area contributed by atoms with Crippen LogP contribution in [0.5, 0.6) is 0 Å². The third kappa shape index (κ3) is 3.08. The van der Waals surface area contributed by atoms with Crippen molar-refractivity contribution >= 4 is 11.8 Å². The zero-order valence-electron chi connectivity index (χ0n) is 7.82. The minimum absolute atomic E-state index is 0.552. The van der Waals surface area contributed by atoms with Crippen molar-refractivity contribution in [1.29, 1.82) is 5.26 Å². The highest BCUT2D eigenvalue weighted by atomic mass is 32.2. The molecule has 68 valence electrons. The first-order chi connectivity index (χ1) is 6.24. The summed E-state index contributed by atoms with van der Waals surface area (Å²) in [5, 5.41) is 9.35. The van der Waals surface area contributed by atoms with E-state index in [9.17, 15) is 0 Å². The van der Waals surface area contributed by atoms with Crippen molar-refractivity contribution in [3.8, 4) is 6.07 Å². The topological polar surface area (TPSA) is 36.7 Å². The van der Waals surface area contributed by atoms with E-state index in [1.165, 1.54) is 0 Å². The Morgan fingerprint density at radius 2 is 2.38 bits per heavy atom. The average Bonchev–Trinajstić information content (AvgIpc) is 2.15. The van der Waals surface area contributed by atoms with Crippen LogP contribution in [0.15, 0.2) is 18.3 Å². The maximum Gasteiger partial charge on any atom is 0.144 e. The molecular formula is C10H12N2S. The minimum atomic E-state index is 0.552. The first-order valence-electron chi connectivity index (χ1n) is 4.19. The van der Waals surface area contributed by atoms with Crippen LogP contribution in [0, 0.1) is 11.3 Å². The molecule has 0 radical (unpaired) electrons. The lowest BCUT2D eigenvalue weighted by atomic mass is 10.2. The number of rotatable bonds is 3. The molecule has 0 saturated carbocycles. The zero-order chi connectivity index (χ0) is 9.68. The summed E-state index contributed by atoms with van der Waals surface area (Å²) in [6.07, 6.45) is 1.65. The summed E-state index contributed by atoms with van der Waals surface area (Å²) in [5.41, 5.74) is 1.58. The van der Waals surface area contributed by atoms with Crippen LogP contribution >= 0.6 is 11.8 Å². The number of nitrogens with zero attached hydrogens (tertiary/aromatic N) is 2. The van der Waals surface area contributed by atoms with Crippen molar-refractivity contribution in [2.45, 2.75) is 24.9 Å². The molecule has 1 aromatic heterocycles. The van der Waals surface area contributed by atoms with Gasteiger partial charge >= 0.3 is 0 Å². The van der Waals surface area contributed by atoms with Gasteiger partial charge in [0.2, 0.25) is 0 Å². The maximum atomic E-state index is 8.76. The molecule has 0 aromatic carbocycles. The number of hydrogen-bond donors (Lipinski definition) is 0. The molecule has 2 nitrogen and oxygen atoms in total. The van der Waals surface area contributed by atoms with Crippen LogP contribution in [-0.4, -0.2) is 10.2 Å². The largest absolute Gasteiger partial charge is 0.245 e. The fourth-order valence-electron chi connectivity index (χ4n) is 0.912. The lowest BCUT2D eigenvalue weighted by Gasteiger charge is -2.04. The Bertz CT molecular complexity index is 315. The monoisotopic (exact) mass is 192 g/mol. The van der Waals surface area contributed by atoms with Gasteiger partial charge < -0.3 is 0 Å². The molecule has 13 heavy (non-hydrogen) atoms. The van der Waals surface area contributed by atoms with Crippen molar-refractivity contribution in [2.24, 2.45) is 0 Å². The van der Waals surface area contributed by atoms with E-state index in [4.69, 9.17) is 5.26 Å². The van der Waals surface area contributed by atoms with Crippen LogP contribution in [0.1, 0.15) is 25.1 Å². The molecule has 0 unspecified atom stereocenters. The molecule has 0 aliphatic heterocycles. The highest BCUT2D eigenvalue weighted by Gasteiger charge is 2.02. The van der Waals surface area contributed by atoms with Crippen LogP contribution < -0.4 is 0 Å². The summed E-state index contributed by atoms with van der Waals surface area (Å²) in [6, 6.07) is 5.93. The van der Waals surface area contributed by atoms with Crippen LogP contribution in [0.2, 0.25) is 0 Å². The zero-order valence-corrected chi connectivity index (χ0v) is 8.64. The Hall–Kier alpha value is -1.01. The van der Waals surface area contributed by atoms with Crippen LogP contribution in [0.4, 0.5) is 0 Å². The molecule has 0 saturated heterocycles. The first-order valence-corrected chi connectivity index (χ1v) is 5.24. The molecule has 3 heteroatoms. The van der Waals surface area contributed by atoms with Gasteiger partial charge in [-0.3, -0.25) is 0 Å². The smallest absolute Gasteiger partial charge is 0.144 e. The van der Waals surface area contributed by atoms with Gasteiger partial charge in [0.1, 0.15) is 11.8 Å². The third-order valence-corrected chi connectivity index (χ3v) is 2.71. The molecule has 0 aliphatic rings. The van der Waals surface area contributed by atoms with E-state index >= 15 is 0 Å². The summed E-state index contributed by atoms with van der Waals surface area (Å²) >= 11 is 1.82. The van der Waals surface area contributed by atoms with Gasteiger partial charge in [-0.15, -0.1) is 0 Å². The van der Waals surface area contributed by atoms with Crippen molar-refractivity contribution in [3.63, 3.8) is 0 Å². The van der Waals surface area contributed by atoms with E-state index < -0.39 is 0 Å². The van der Waals surface area contributed by atoms with Crippen LogP contribution in [-0.2, 0) is 5.75 Å². The molecule has 0 N–H and O–H groups in total. The molecular weight excluding hydrogens is 180 g/mol. The van der Waals surface area contributed by atoms with Gasteiger partial charge in [-0.2, -0.15) is 17.0 Å². The van der Waals surface area contributed by atoms with E-state index in [-0.39, 0.29) is 0 Å². The third-order valence-electron chi connectivity index (χ3n) is 1.57. The van der Waals surface area contributed by atoms with Crippen LogP contribution in [0.3, 0.4) is 0 Å². The molecule has 0 atom stereocenters. The number of aromatic nitrogens is 1. The molecule has 1 aromatic rings. The van der Waals surface area contributed by atoms with E-state index in [1.807, 2.05) is 23.9 Å². The van der Waals surface area contributed by atoms with Gasteiger partial charge in [-0.05, 0) is 16.9 Å². The second kappa shape index (κ2) is 4.88. The molecule has 1 rings (SSSR count).